The van der Waals surface area contributed by atoms with Gasteiger partial charge in [-0.05, 0) is 17.7 Å². The second-order valence-corrected chi connectivity index (χ2v) is 6.10. The highest BCUT2D eigenvalue weighted by molar-refractivity contribution is 7.91. The second-order valence-electron chi connectivity index (χ2n) is 3.27. The zero-order chi connectivity index (χ0) is 11.5. The van der Waals surface area contributed by atoms with Gasteiger partial charge in [0.05, 0.1) is 11.9 Å². The highest BCUT2D eigenvalue weighted by Crippen LogP contribution is 2.17. The Kier molecular flexibility index (Phi) is 4.13. The Morgan fingerprint density at radius 3 is 2.33 bits per heavy atom. The van der Waals surface area contributed by atoms with Gasteiger partial charge >= 0.3 is 0 Å². The number of rotatable bonds is 4. The van der Waals surface area contributed by atoms with Crippen LogP contribution < -0.4 is 0 Å². The predicted octanol–water partition coefficient (Wildman–Crippen LogP) is 1.81. The highest BCUT2D eigenvalue weighted by atomic mass is 35.5. The lowest BCUT2D eigenvalue weighted by Crippen LogP contribution is -2.16. The summed E-state index contributed by atoms with van der Waals surface area (Å²) in [4.78, 5) is 0. The Hall–Kier alpha value is -0.580. The molecule has 3 nitrogen and oxygen atoms in total. The minimum atomic E-state index is -3.16. The largest absolute Gasteiger partial charge is 0.387 e. The third-order valence-electron chi connectivity index (χ3n) is 2.11. The van der Waals surface area contributed by atoms with E-state index >= 15 is 0 Å². The monoisotopic (exact) mass is 248 g/mol. The van der Waals surface area contributed by atoms with Crippen molar-refractivity contribution in [3.63, 3.8) is 0 Å². The molecular weight excluding hydrogens is 236 g/mol. The molecule has 0 unspecified atom stereocenters. The summed E-state index contributed by atoms with van der Waals surface area (Å²) < 4.78 is 22.5. The van der Waals surface area contributed by atoms with Crippen molar-refractivity contribution < 1.29 is 13.5 Å². The van der Waals surface area contributed by atoms with Crippen molar-refractivity contribution in [3.8, 4) is 0 Å². The van der Waals surface area contributed by atoms with Crippen molar-refractivity contribution in [3.05, 3.63) is 34.9 Å². The Labute approximate surface area is 94.6 Å². The molecule has 1 aromatic rings. The van der Waals surface area contributed by atoms with Gasteiger partial charge in [0.25, 0.3) is 0 Å². The summed E-state index contributed by atoms with van der Waals surface area (Å²) in [5, 5.41) is 10.2. The van der Waals surface area contributed by atoms with E-state index in [1.807, 2.05) is 0 Å². The number of aliphatic hydroxyl groups excluding tert-OH is 1. The summed E-state index contributed by atoms with van der Waals surface area (Å²) >= 11 is 5.68. The van der Waals surface area contributed by atoms with Crippen molar-refractivity contribution in [2.45, 2.75) is 13.0 Å². The standard InChI is InChI=1S/C10H13ClO3S/c1-2-15(13,14)7-10(12)8-3-5-9(11)6-4-8/h3-6,10,12H,2,7H2,1H3/t10-/m0/s1. The molecule has 15 heavy (non-hydrogen) atoms. The molecule has 0 saturated carbocycles. The molecule has 0 fully saturated rings. The maximum absolute atomic E-state index is 11.3. The van der Waals surface area contributed by atoms with E-state index in [-0.39, 0.29) is 11.5 Å². The summed E-state index contributed by atoms with van der Waals surface area (Å²) in [6.45, 7) is 1.56. The zero-order valence-corrected chi connectivity index (χ0v) is 9.92. The molecule has 0 amide bonds. The lowest BCUT2D eigenvalue weighted by molar-refractivity contribution is 0.201. The van der Waals surface area contributed by atoms with Gasteiger partial charge in [0.1, 0.15) is 0 Å². The quantitative estimate of drug-likeness (QED) is 0.884. The fraction of sp³-hybridized carbons (Fsp3) is 0.400. The Morgan fingerprint density at radius 2 is 1.87 bits per heavy atom. The molecule has 0 bridgehead atoms. The Balaban J connectivity index is 2.78. The molecule has 84 valence electrons. The third-order valence-corrected chi connectivity index (χ3v) is 4.06. The lowest BCUT2D eigenvalue weighted by atomic mass is 10.1. The summed E-state index contributed by atoms with van der Waals surface area (Å²) in [5.74, 6) is -0.206. The van der Waals surface area contributed by atoms with Gasteiger partial charge in [-0.3, -0.25) is 0 Å². The average Bonchev–Trinajstić information content (AvgIpc) is 2.18. The van der Waals surface area contributed by atoms with Crippen molar-refractivity contribution >= 4 is 21.4 Å². The summed E-state index contributed by atoms with van der Waals surface area (Å²) in [5.41, 5.74) is 0.566. The molecule has 1 aromatic carbocycles. The van der Waals surface area contributed by atoms with Crippen LogP contribution >= 0.6 is 11.6 Å². The van der Waals surface area contributed by atoms with Crippen LogP contribution in [0.3, 0.4) is 0 Å². The zero-order valence-electron chi connectivity index (χ0n) is 8.35. The molecule has 1 atom stereocenters. The van der Waals surface area contributed by atoms with E-state index in [0.717, 1.165) is 0 Å². The Morgan fingerprint density at radius 1 is 1.33 bits per heavy atom. The van der Waals surface area contributed by atoms with E-state index in [0.29, 0.717) is 10.6 Å². The first-order chi connectivity index (χ1) is 6.94. The molecular formula is C10H13ClO3S. The maximum Gasteiger partial charge on any atom is 0.152 e. The van der Waals surface area contributed by atoms with Gasteiger partial charge < -0.3 is 5.11 Å². The maximum atomic E-state index is 11.3. The van der Waals surface area contributed by atoms with Gasteiger partial charge in [-0.15, -0.1) is 0 Å². The van der Waals surface area contributed by atoms with E-state index < -0.39 is 15.9 Å². The number of hydrogen-bond acceptors (Lipinski definition) is 3. The first kappa shape index (κ1) is 12.5. The summed E-state index contributed by atoms with van der Waals surface area (Å²) in [6.07, 6.45) is -0.979. The van der Waals surface area contributed by atoms with Gasteiger partial charge in [0.2, 0.25) is 0 Å². The summed E-state index contributed by atoms with van der Waals surface area (Å²) in [6, 6.07) is 6.49. The van der Waals surface area contributed by atoms with Crippen molar-refractivity contribution in [2.75, 3.05) is 11.5 Å². The fourth-order valence-corrected chi connectivity index (χ4v) is 2.17. The van der Waals surface area contributed by atoms with Crippen molar-refractivity contribution in [1.29, 1.82) is 0 Å². The fourth-order valence-electron chi connectivity index (χ4n) is 1.14. The van der Waals surface area contributed by atoms with Crippen LogP contribution in [0.25, 0.3) is 0 Å². The topological polar surface area (TPSA) is 54.4 Å². The van der Waals surface area contributed by atoms with Crippen molar-refractivity contribution in [2.24, 2.45) is 0 Å². The van der Waals surface area contributed by atoms with Gasteiger partial charge in [-0.1, -0.05) is 30.7 Å². The van der Waals surface area contributed by atoms with E-state index in [1.54, 1.807) is 31.2 Å². The number of sulfone groups is 1. The van der Waals surface area contributed by atoms with E-state index in [4.69, 9.17) is 11.6 Å². The predicted molar refractivity (Wildman–Crippen MR) is 60.7 cm³/mol. The van der Waals surface area contributed by atoms with Gasteiger partial charge in [-0.2, -0.15) is 0 Å². The van der Waals surface area contributed by atoms with E-state index in [2.05, 4.69) is 0 Å². The molecule has 0 heterocycles. The Bertz CT molecular complexity index is 411. The number of benzene rings is 1. The molecule has 1 N–H and O–H groups in total. The molecule has 1 rings (SSSR count). The molecule has 0 saturated heterocycles. The van der Waals surface area contributed by atoms with Gasteiger partial charge in [0.15, 0.2) is 9.84 Å². The number of hydrogen-bond donors (Lipinski definition) is 1. The van der Waals surface area contributed by atoms with Crippen LogP contribution in [0.4, 0.5) is 0 Å². The first-order valence-corrected chi connectivity index (χ1v) is 6.78. The van der Waals surface area contributed by atoms with E-state index in [1.165, 1.54) is 0 Å². The van der Waals surface area contributed by atoms with Crippen LogP contribution in [0.1, 0.15) is 18.6 Å². The minimum absolute atomic E-state index is 0.0393. The van der Waals surface area contributed by atoms with Crippen molar-refractivity contribution in [1.82, 2.24) is 0 Å². The normalized spacial score (nSPS) is 13.8. The molecule has 5 heteroatoms. The van der Waals surface area contributed by atoms with Gasteiger partial charge in [0, 0.05) is 10.8 Å². The third kappa shape index (κ3) is 3.81. The number of aliphatic hydroxyl groups is 1. The number of halogens is 1. The van der Waals surface area contributed by atoms with Crippen LogP contribution in [0.15, 0.2) is 24.3 Å². The minimum Gasteiger partial charge on any atom is -0.387 e. The molecule has 0 aliphatic carbocycles. The SMILES string of the molecule is CCS(=O)(=O)C[C@H](O)c1ccc(Cl)cc1. The van der Waals surface area contributed by atoms with Crippen LogP contribution in [0.5, 0.6) is 0 Å². The van der Waals surface area contributed by atoms with Crippen LogP contribution in [0, 0.1) is 0 Å². The molecule has 0 aliphatic rings. The molecule has 0 aromatic heterocycles. The molecule has 0 spiro atoms. The van der Waals surface area contributed by atoms with Crippen LogP contribution in [0.2, 0.25) is 5.02 Å². The summed E-state index contributed by atoms with van der Waals surface area (Å²) in [7, 11) is -3.16. The molecule has 0 aliphatic heterocycles. The average molecular weight is 249 g/mol. The lowest BCUT2D eigenvalue weighted by Gasteiger charge is -2.10. The molecule has 0 radical (unpaired) electrons. The van der Waals surface area contributed by atoms with Crippen LogP contribution in [-0.4, -0.2) is 25.0 Å². The highest BCUT2D eigenvalue weighted by Gasteiger charge is 2.16. The van der Waals surface area contributed by atoms with E-state index in [9.17, 15) is 13.5 Å². The first-order valence-electron chi connectivity index (χ1n) is 4.58. The van der Waals surface area contributed by atoms with Gasteiger partial charge in [-0.25, -0.2) is 8.42 Å². The van der Waals surface area contributed by atoms with Crippen LogP contribution in [-0.2, 0) is 9.84 Å². The smallest absolute Gasteiger partial charge is 0.152 e. The second kappa shape index (κ2) is 4.96.